The van der Waals surface area contributed by atoms with E-state index in [0.29, 0.717) is 16.4 Å². The third-order valence-corrected chi connectivity index (χ3v) is 4.12. The molecule has 19 heavy (non-hydrogen) atoms. The second-order valence-corrected chi connectivity index (χ2v) is 5.50. The van der Waals surface area contributed by atoms with Crippen molar-refractivity contribution in [2.45, 2.75) is 6.42 Å². The van der Waals surface area contributed by atoms with E-state index in [0.717, 1.165) is 17.4 Å². The fraction of sp³-hybridized carbons (Fsp3) is 0.333. The lowest BCUT2D eigenvalue weighted by molar-refractivity contribution is -0.117. The molecule has 0 spiro atoms. The van der Waals surface area contributed by atoms with Gasteiger partial charge in [-0.3, -0.25) is 9.69 Å². The van der Waals surface area contributed by atoms with E-state index >= 15 is 0 Å². The second-order valence-electron chi connectivity index (χ2n) is 4.49. The molecule has 1 aromatic carbocycles. The van der Waals surface area contributed by atoms with Crippen LogP contribution < -0.4 is 4.90 Å². The topological polar surface area (TPSA) is 53.4 Å². The van der Waals surface area contributed by atoms with Gasteiger partial charge in [0.05, 0.1) is 4.70 Å². The van der Waals surface area contributed by atoms with Gasteiger partial charge in [-0.05, 0) is 6.07 Å². The molecule has 1 aromatic heterocycles. The van der Waals surface area contributed by atoms with Gasteiger partial charge in [-0.1, -0.05) is 11.3 Å². The maximum absolute atomic E-state index is 13.5. The summed E-state index contributed by atoms with van der Waals surface area (Å²) in [5, 5.41) is 9.41. The highest BCUT2D eigenvalue weighted by Gasteiger charge is 2.32. The predicted octanol–water partition coefficient (Wildman–Crippen LogP) is 1.92. The molecular weight excluding hydrogens is 274 g/mol. The van der Waals surface area contributed by atoms with Crippen LogP contribution in [0.2, 0.25) is 0 Å². The number of amides is 1. The predicted molar refractivity (Wildman–Crippen MR) is 67.1 cm³/mol. The first-order valence-corrected chi connectivity index (χ1v) is 6.57. The fourth-order valence-corrected chi connectivity index (χ4v) is 3.18. The number of fused-ring (bicyclic) bond motifs is 1. The average molecular weight is 284 g/mol. The van der Waals surface area contributed by atoms with Crippen molar-refractivity contribution in [3.63, 3.8) is 0 Å². The van der Waals surface area contributed by atoms with Crippen molar-refractivity contribution < 1.29 is 18.7 Å². The number of thiazole rings is 1. The van der Waals surface area contributed by atoms with Crippen LogP contribution in [0.3, 0.4) is 0 Å². The third kappa shape index (κ3) is 2.08. The summed E-state index contributed by atoms with van der Waals surface area (Å²) >= 11 is 1.07. The molecule has 0 radical (unpaired) electrons. The summed E-state index contributed by atoms with van der Waals surface area (Å²) in [6.45, 7) is 0.287. The van der Waals surface area contributed by atoms with Crippen LogP contribution in [0.25, 0.3) is 10.2 Å². The van der Waals surface area contributed by atoms with Crippen LogP contribution in [0.5, 0.6) is 0 Å². The number of hydrogen-bond donors (Lipinski definition) is 1. The van der Waals surface area contributed by atoms with E-state index < -0.39 is 11.6 Å². The molecule has 100 valence electrons. The van der Waals surface area contributed by atoms with Crippen LogP contribution in [-0.2, 0) is 4.79 Å². The summed E-state index contributed by atoms with van der Waals surface area (Å²) in [6, 6.07) is 1.97. The van der Waals surface area contributed by atoms with Gasteiger partial charge in [-0.2, -0.15) is 0 Å². The minimum Gasteiger partial charge on any atom is -0.396 e. The Hall–Kier alpha value is -1.60. The van der Waals surface area contributed by atoms with E-state index in [2.05, 4.69) is 4.98 Å². The van der Waals surface area contributed by atoms with E-state index in [1.807, 2.05) is 0 Å². The third-order valence-electron chi connectivity index (χ3n) is 3.10. The molecule has 1 unspecified atom stereocenters. The van der Waals surface area contributed by atoms with E-state index in [9.17, 15) is 13.6 Å². The number of benzene rings is 1. The number of aliphatic hydroxyl groups is 1. The molecule has 1 fully saturated rings. The summed E-state index contributed by atoms with van der Waals surface area (Å²) in [4.78, 5) is 17.3. The molecule has 2 aromatic rings. The zero-order chi connectivity index (χ0) is 13.6. The van der Waals surface area contributed by atoms with Gasteiger partial charge in [0, 0.05) is 31.6 Å². The van der Waals surface area contributed by atoms with Crippen LogP contribution in [0.4, 0.5) is 13.9 Å². The lowest BCUT2D eigenvalue weighted by Crippen LogP contribution is -2.24. The van der Waals surface area contributed by atoms with Gasteiger partial charge in [0.1, 0.15) is 11.3 Å². The number of aromatic nitrogens is 1. The molecule has 3 rings (SSSR count). The highest BCUT2D eigenvalue weighted by atomic mass is 32.1. The van der Waals surface area contributed by atoms with Gasteiger partial charge in [-0.25, -0.2) is 13.8 Å². The molecule has 1 aliphatic heterocycles. The quantitative estimate of drug-likeness (QED) is 0.916. The zero-order valence-corrected chi connectivity index (χ0v) is 10.6. The normalized spacial score (nSPS) is 19.6. The van der Waals surface area contributed by atoms with Crippen molar-refractivity contribution >= 4 is 32.6 Å². The van der Waals surface area contributed by atoms with Crippen molar-refractivity contribution in [2.24, 2.45) is 5.92 Å². The molecule has 0 saturated carbocycles. The molecule has 1 amide bonds. The maximum atomic E-state index is 13.5. The van der Waals surface area contributed by atoms with Crippen LogP contribution in [-0.4, -0.2) is 29.1 Å². The Labute approximate surface area is 111 Å². The fourth-order valence-electron chi connectivity index (χ4n) is 2.15. The Kier molecular flexibility index (Phi) is 2.94. The van der Waals surface area contributed by atoms with Crippen LogP contribution in [0.1, 0.15) is 6.42 Å². The van der Waals surface area contributed by atoms with Gasteiger partial charge in [-0.15, -0.1) is 0 Å². The molecule has 0 aliphatic carbocycles. The first-order valence-electron chi connectivity index (χ1n) is 5.75. The average Bonchev–Trinajstić information content (AvgIpc) is 2.92. The molecule has 4 nitrogen and oxygen atoms in total. The second kappa shape index (κ2) is 4.50. The number of nitrogens with zero attached hydrogens (tertiary/aromatic N) is 2. The van der Waals surface area contributed by atoms with Crippen molar-refractivity contribution in [2.75, 3.05) is 18.1 Å². The highest BCUT2D eigenvalue weighted by Crippen LogP contribution is 2.34. The highest BCUT2D eigenvalue weighted by molar-refractivity contribution is 7.22. The molecule has 1 saturated heterocycles. The summed E-state index contributed by atoms with van der Waals surface area (Å²) in [7, 11) is 0. The maximum Gasteiger partial charge on any atom is 0.229 e. The van der Waals surface area contributed by atoms with Gasteiger partial charge in [0.2, 0.25) is 5.91 Å². The SMILES string of the molecule is O=C1CC(CO)CN1c1nc2c(F)cc(F)cc2s1. The number of halogens is 2. The minimum absolute atomic E-state index is 0.0710. The summed E-state index contributed by atoms with van der Waals surface area (Å²) in [5.41, 5.74) is 0.0710. The number of aliphatic hydroxyl groups excluding tert-OH is 1. The first kappa shape index (κ1) is 12.4. The van der Waals surface area contributed by atoms with Crippen LogP contribution in [0, 0.1) is 17.6 Å². The number of hydrogen-bond acceptors (Lipinski definition) is 4. The number of rotatable bonds is 2. The molecule has 7 heteroatoms. The van der Waals surface area contributed by atoms with Crippen molar-refractivity contribution in [1.82, 2.24) is 4.98 Å². The summed E-state index contributed by atoms with van der Waals surface area (Å²) < 4.78 is 27.0. The minimum atomic E-state index is -0.733. The number of carbonyl (C=O) groups excluding carboxylic acids is 1. The van der Waals surface area contributed by atoms with Crippen LogP contribution in [0.15, 0.2) is 12.1 Å². The number of carbonyl (C=O) groups is 1. The first-order chi connectivity index (χ1) is 9.08. The van der Waals surface area contributed by atoms with Gasteiger partial charge in [0.15, 0.2) is 10.9 Å². The summed E-state index contributed by atoms with van der Waals surface area (Å²) in [5.74, 6) is -1.68. The monoisotopic (exact) mass is 284 g/mol. The standard InChI is InChI=1S/C12H10F2N2O2S/c13-7-2-8(14)11-9(3-7)19-12(15-11)16-4-6(5-17)1-10(16)18/h2-3,6,17H,1,4-5H2. The Morgan fingerprint density at radius 3 is 2.95 bits per heavy atom. The van der Waals surface area contributed by atoms with E-state index in [1.54, 1.807) is 0 Å². The van der Waals surface area contributed by atoms with Gasteiger partial charge < -0.3 is 5.11 Å². The lowest BCUT2D eigenvalue weighted by Gasteiger charge is -2.11. The zero-order valence-electron chi connectivity index (χ0n) is 9.77. The summed E-state index contributed by atoms with van der Waals surface area (Å²) in [6.07, 6.45) is 0.253. The Morgan fingerprint density at radius 1 is 1.47 bits per heavy atom. The molecule has 1 N–H and O–H groups in total. The molecule has 1 aliphatic rings. The smallest absolute Gasteiger partial charge is 0.229 e. The molecule has 1 atom stereocenters. The van der Waals surface area contributed by atoms with E-state index in [-0.39, 0.29) is 30.4 Å². The lowest BCUT2D eigenvalue weighted by atomic mass is 10.1. The van der Waals surface area contributed by atoms with Gasteiger partial charge in [0.25, 0.3) is 0 Å². The molecule has 2 heterocycles. The van der Waals surface area contributed by atoms with Crippen molar-refractivity contribution in [3.8, 4) is 0 Å². The van der Waals surface area contributed by atoms with E-state index in [1.165, 1.54) is 11.0 Å². The Balaban J connectivity index is 2.02. The van der Waals surface area contributed by atoms with E-state index in [4.69, 9.17) is 5.11 Å². The van der Waals surface area contributed by atoms with Crippen molar-refractivity contribution in [3.05, 3.63) is 23.8 Å². The Morgan fingerprint density at radius 2 is 2.26 bits per heavy atom. The van der Waals surface area contributed by atoms with Crippen molar-refractivity contribution in [1.29, 1.82) is 0 Å². The molecular formula is C12H10F2N2O2S. The van der Waals surface area contributed by atoms with Gasteiger partial charge >= 0.3 is 0 Å². The number of anilines is 1. The van der Waals surface area contributed by atoms with Crippen LogP contribution >= 0.6 is 11.3 Å². The molecule has 0 bridgehead atoms. The Bertz CT molecular complexity index is 658. The largest absolute Gasteiger partial charge is 0.396 e.